The third kappa shape index (κ3) is 1.67. The lowest BCUT2D eigenvalue weighted by molar-refractivity contribution is 0.233. The minimum Gasteiger partial charge on any atom is -0.420 e. The maximum absolute atomic E-state index is 9.35. The van der Waals surface area contributed by atoms with Crippen LogP contribution in [0, 0.1) is 0 Å². The van der Waals surface area contributed by atoms with Crippen LogP contribution in [0.1, 0.15) is 18.7 Å². The Hall–Kier alpha value is -1.88. The highest BCUT2D eigenvalue weighted by molar-refractivity contribution is 5.71. The predicted molar refractivity (Wildman–Crippen MR) is 67.3 cm³/mol. The lowest BCUT2D eigenvalue weighted by Gasteiger charge is -2.05. The molecule has 1 aliphatic carbocycles. The number of hydrogen-bond donors (Lipinski definition) is 2. The Bertz CT molecular complexity index is 561. The normalized spacial score (nSPS) is 16.6. The minimum atomic E-state index is -0.278. The Balaban J connectivity index is 1.98. The molecule has 1 aliphatic rings. The fourth-order valence-electron chi connectivity index (χ4n) is 2.02. The molecule has 0 amide bonds. The molecule has 0 spiro atoms. The summed E-state index contributed by atoms with van der Waals surface area (Å²) in [6, 6.07) is 7.77. The first-order valence-electron chi connectivity index (χ1n) is 6.01. The summed E-state index contributed by atoms with van der Waals surface area (Å²) in [6.45, 7) is 0.0717. The van der Waals surface area contributed by atoms with E-state index in [0.29, 0.717) is 11.8 Å². The van der Waals surface area contributed by atoms with Crippen LogP contribution in [-0.2, 0) is 5.41 Å². The van der Waals surface area contributed by atoms with Gasteiger partial charge in [-0.1, -0.05) is 12.1 Å². The molecular formula is C13H15N3O2. The van der Waals surface area contributed by atoms with E-state index in [2.05, 4.69) is 15.5 Å². The highest BCUT2D eigenvalue weighted by Crippen LogP contribution is 2.47. The van der Waals surface area contributed by atoms with Crippen molar-refractivity contribution in [3.63, 3.8) is 0 Å². The van der Waals surface area contributed by atoms with Crippen molar-refractivity contribution in [1.29, 1.82) is 0 Å². The molecule has 1 heterocycles. The van der Waals surface area contributed by atoms with Gasteiger partial charge in [0.25, 0.3) is 0 Å². The summed E-state index contributed by atoms with van der Waals surface area (Å²) >= 11 is 0. The number of benzene rings is 1. The first-order chi connectivity index (χ1) is 8.79. The van der Waals surface area contributed by atoms with E-state index >= 15 is 0 Å². The number of para-hydroxylation sites is 1. The molecule has 3 rings (SSSR count). The average molecular weight is 245 g/mol. The molecule has 94 valence electrons. The van der Waals surface area contributed by atoms with Crippen LogP contribution in [0.3, 0.4) is 0 Å². The fourth-order valence-corrected chi connectivity index (χ4v) is 2.02. The number of nitrogens with zero attached hydrogens (tertiary/aromatic N) is 2. The van der Waals surface area contributed by atoms with Crippen molar-refractivity contribution in [2.45, 2.75) is 18.3 Å². The molecule has 5 heteroatoms. The van der Waals surface area contributed by atoms with Crippen LogP contribution in [0.25, 0.3) is 11.5 Å². The second-order valence-electron chi connectivity index (χ2n) is 4.65. The van der Waals surface area contributed by atoms with Crippen LogP contribution < -0.4 is 5.32 Å². The van der Waals surface area contributed by atoms with Crippen LogP contribution in [0.4, 0.5) is 5.69 Å². The van der Waals surface area contributed by atoms with Gasteiger partial charge in [-0.25, -0.2) is 0 Å². The van der Waals surface area contributed by atoms with Crippen LogP contribution in [0.5, 0.6) is 0 Å². The second-order valence-corrected chi connectivity index (χ2v) is 4.65. The standard InChI is InChI=1S/C13H15N3O2/c1-14-10-5-3-2-4-9(10)11-15-16-12(18-11)13(8-17)6-7-13/h2-5,14,17H,6-8H2,1H3. The average Bonchev–Trinajstić information content (AvgIpc) is 3.08. The Labute approximate surface area is 105 Å². The lowest BCUT2D eigenvalue weighted by Crippen LogP contribution is -2.12. The first-order valence-corrected chi connectivity index (χ1v) is 6.01. The van der Waals surface area contributed by atoms with E-state index in [1.54, 1.807) is 0 Å². The number of aliphatic hydroxyl groups is 1. The summed E-state index contributed by atoms with van der Waals surface area (Å²) < 4.78 is 5.71. The SMILES string of the molecule is CNc1ccccc1-c1nnc(C2(CO)CC2)o1. The van der Waals surface area contributed by atoms with Crippen molar-refractivity contribution in [3.05, 3.63) is 30.2 Å². The smallest absolute Gasteiger partial charge is 0.249 e. The van der Waals surface area contributed by atoms with Crippen molar-refractivity contribution in [2.24, 2.45) is 0 Å². The zero-order valence-electron chi connectivity index (χ0n) is 10.2. The molecule has 0 bridgehead atoms. The largest absolute Gasteiger partial charge is 0.420 e. The summed E-state index contributed by atoms with van der Waals surface area (Å²) in [4.78, 5) is 0. The summed E-state index contributed by atoms with van der Waals surface area (Å²) in [5.74, 6) is 1.04. The molecule has 1 aromatic carbocycles. The van der Waals surface area contributed by atoms with Crippen molar-refractivity contribution >= 4 is 5.69 Å². The van der Waals surface area contributed by atoms with Gasteiger partial charge in [0.15, 0.2) is 0 Å². The Morgan fingerprint density at radius 1 is 1.33 bits per heavy atom. The van der Waals surface area contributed by atoms with Gasteiger partial charge in [-0.05, 0) is 25.0 Å². The highest BCUT2D eigenvalue weighted by atomic mass is 16.4. The van der Waals surface area contributed by atoms with Crippen molar-refractivity contribution in [1.82, 2.24) is 10.2 Å². The molecule has 2 aromatic rings. The number of aromatic nitrogens is 2. The van der Waals surface area contributed by atoms with E-state index in [9.17, 15) is 5.11 Å². The zero-order valence-corrected chi connectivity index (χ0v) is 10.2. The van der Waals surface area contributed by atoms with Gasteiger partial charge < -0.3 is 14.8 Å². The van der Waals surface area contributed by atoms with E-state index in [0.717, 1.165) is 24.1 Å². The summed E-state index contributed by atoms with van der Waals surface area (Å²) in [6.07, 6.45) is 1.83. The van der Waals surface area contributed by atoms with Crippen molar-refractivity contribution < 1.29 is 9.52 Å². The summed E-state index contributed by atoms with van der Waals surface area (Å²) in [5.41, 5.74) is 1.55. The van der Waals surface area contributed by atoms with E-state index in [-0.39, 0.29) is 12.0 Å². The molecule has 0 unspecified atom stereocenters. The van der Waals surface area contributed by atoms with Crippen LogP contribution >= 0.6 is 0 Å². The summed E-state index contributed by atoms with van der Waals surface area (Å²) in [7, 11) is 1.85. The topological polar surface area (TPSA) is 71.2 Å². The van der Waals surface area contributed by atoms with E-state index in [4.69, 9.17) is 4.42 Å². The van der Waals surface area contributed by atoms with Gasteiger partial charge in [0.1, 0.15) is 0 Å². The zero-order chi connectivity index (χ0) is 12.6. The maximum atomic E-state index is 9.35. The third-order valence-corrected chi connectivity index (χ3v) is 3.46. The molecule has 5 nitrogen and oxygen atoms in total. The molecule has 0 radical (unpaired) electrons. The third-order valence-electron chi connectivity index (χ3n) is 3.46. The van der Waals surface area contributed by atoms with E-state index in [1.807, 2.05) is 31.3 Å². The van der Waals surface area contributed by atoms with Gasteiger partial charge in [0, 0.05) is 12.7 Å². The van der Waals surface area contributed by atoms with Crippen molar-refractivity contribution in [2.75, 3.05) is 19.0 Å². The van der Waals surface area contributed by atoms with Crippen molar-refractivity contribution in [3.8, 4) is 11.5 Å². The highest BCUT2D eigenvalue weighted by Gasteiger charge is 2.48. The van der Waals surface area contributed by atoms with Gasteiger partial charge >= 0.3 is 0 Å². The number of aliphatic hydroxyl groups excluding tert-OH is 1. The van der Waals surface area contributed by atoms with Crippen LogP contribution in [-0.4, -0.2) is 29.0 Å². The monoisotopic (exact) mass is 245 g/mol. The Morgan fingerprint density at radius 3 is 2.78 bits per heavy atom. The van der Waals surface area contributed by atoms with Gasteiger partial charge in [-0.2, -0.15) is 0 Å². The number of anilines is 1. The van der Waals surface area contributed by atoms with Gasteiger partial charge in [-0.3, -0.25) is 0 Å². The minimum absolute atomic E-state index is 0.0717. The van der Waals surface area contributed by atoms with Crippen LogP contribution in [0.15, 0.2) is 28.7 Å². The molecule has 0 aliphatic heterocycles. The number of hydrogen-bond acceptors (Lipinski definition) is 5. The van der Waals surface area contributed by atoms with Crippen LogP contribution in [0.2, 0.25) is 0 Å². The molecule has 1 aromatic heterocycles. The summed E-state index contributed by atoms with van der Waals surface area (Å²) in [5, 5.41) is 20.6. The molecule has 0 saturated heterocycles. The Morgan fingerprint density at radius 2 is 2.11 bits per heavy atom. The molecule has 18 heavy (non-hydrogen) atoms. The molecule has 2 N–H and O–H groups in total. The molecule has 1 fully saturated rings. The molecule has 0 atom stereocenters. The molecule has 1 saturated carbocycles. The maximum Gasteiger partial charge on any atom is 0.249 e. The quantitative estimate of drug-likeness (QED) is 0.859. The van der Waals surface area contributed by atoms with Gasteiger partial charge in [0.2, 0.25) is 11.8 Å². The van der Waals surface area contributed by atoms with Gasteiger partial charge in [0.05, 0.1) is 17.6 Å². The lowest BCUT2D eigenvalue weighted by atomic mass is 10.1. The van der Waals surface area contributed by atoms with E-state index in [1.165, 1.54) is 0 Å². The number of nitrogens with one attached hydrogen (secondary N) is 1. The first kappa shape index (κ1) is 11.2. The second kappa shape index (κ2) is 4.10. The molecular weight excluding hydrogens is 230 g/mol. The number of rotatable bonds is 4. The van der Waals surface area contributed by atoms with E-state index < -0.39 is 0 Å². The van der Waals surface area contributed by atoms with Gasteiger partial charge in [-0.15, -0.1) is 10.2 Å². The Kier molecular flexibility index (Phi) is 2.56. The fraction of sp³-hybridized carbons (Fsp3) is 0.385. The predicted octanol–water partition coefficient (Wildman–Crippen LogP) is 1.80.